The zero-order valence-electron chi connectivity index (χ0n) is 18.6. The maximum absolute atomic E-state index is 12.5. The first kappa shape index (κ1) is 25.4. The Balaban J connectivity index is 1.86. The minimum Gasteiger partial charge on any atom is -0.444 e. The van der Waals surface area contributed by atoms with Crippen molar-refractivity contribution in [2.75, 3.05) is 53.4 Å². The Kier molecular flexibility index (Phi) is 8.32. The van der Waals surface area contributed by atoms with Crippen molar-refractivity contribution in [1.82, 2.24) is 19.4 Å². The third-order valence-electron chi connectivity index (χ3n) is 4.70. The molecule has 1 aromatic rings. The van der Waals surface area contributed by atoms with E-state index in [0.717, 1.165) is 4.31 Å². The van der Waals surface area contributed by atoms with Crippen LogP contribution in [0.15, 0.2) is 23.1 Å². The molecule has 2 rings (SSSR count). The standard InChI is InChI=1S/C20H31ClN4O5S/c1-20(2,3)30-19(27)25-12-10-24(11-13-25)9-8-22-18(26)16-14-15(6-7-17(16)21)31(28,29)23(4)5/h6-7,14H,8-13H2,1-5H3,(H,22,26). The molecule has 0 aliphatic carbocycles. The molecule has 1 heterocycles. The van der Waals surface area contributed by atoms with E-state index in [1.165, 1.54) is 32.3 Å². The van der Waals surface area contributed by atoms with Gasteiger partial charge in [0.2, 0.25) is 10.0 Å². The number of halogens is 1. The molecule has 0 aromatic heterocycles. The predicted octanol–water partition coefficient (Wildman–Crippen LogP) is 1.87. The smallest absolute Gasteiger partial charge is 0.410 e. The number of ether oxygens (including phenoxy) is 1. The second-order valence-electron chi connectivity index (χ2n) is 8.49. The van der Waals surface area contributed by atoms with E-state index in [1.807, 2.05) is 20.8 Å². The van der Waals surface area contributed by atoms with E-state index in [-0.39, 0.29) is 21.6 Å². The lowest BCUT2D eigenvalue weighted by Crippen LogP contribution is -2.51. The van der Waals surface area contributed by atoms with Crippen molar-refractivity contribution in [2.45, 2.75) is 31.3 Å². The first-order chi connectivity index (χ1) is 14.3. The van der Waals surface area contributed by atoms with Gasteiger partial charge in [-0.1, -0.05) is 11.6 Å². The number of hydrogen-bond acceptors (Lipinski definition) is 6. The van der Waals surface area contributed by atoms with E-state index in [4.69, 9.17) is 16.3 Å². The van der Waals surface area contributed by atoms with Crippen LogP contribution in [-0.2, 0) is 14.8 Å². The molecule has 31 heavy (non-hydrogen) atoms. The number of rotatable bonds is 6. The van der Waals surface area contributed by atoms with Crippen molar-refractivity contribution in [2.24, 2.45) is 0 Å². The van der Waals surface area contributed by atoms with Crippen molar-refractivity contribution in [3.8, 4) is 0 Å². The van der Waals surface area contributed by atoms with Crippen LogP contribution in [0.2, 0.25) is 5.02 Å². The Hall–Kier alpha value is -1.88. The second kappa shape index (κ2) is 10.2. The van der Waals surface area contributed by atoms with Crippen LogP contribution < -0.4 is 5.32 Å². The van der Waals surface area contributed by atoms with Gasteiger partial charge in [-0.3, -0.25) is 9.69 Å². The summed E-state index contributed by atoms with van der Waals surface area (Å²) in [6, 6.07) is 4.06. The number of sulfonamides is 1. The highest BCUT2D eigenvalue weighted by atomic mass is 35.5. The summed E-state index contributed by atoms with van der Waals surface area (Å²) in [5.74, 6) is -0.437. The van der Waals surface area contributed by atoms with Crippen molar-refractivity contribution in [1.29, 1.82) is 0 Å². The molecule has 0 bridgehead atoms. The lowest BCUT2D eigenvalue weighted by atomic mass is 10.2. The molecule has 1 aliphatic rings. The number of carbonyl (C=O) groups is 2. The Morgan fingerprint density at radius 2 is 1.77 bits per heavy atom. The molecule has 1 saturated heterocycles. The fraction of sp³-hybridized carbons (Fsp3) is 0.600. The van der Waals surface area contributed by atoms with Gasteiger partial charge >= 0.3 is 6.09 Å². The normalized spacial score (nSPS) is 15.8. The van der Waals surface area contributed by atoms with Gasteiger partial charge in [-0.05, 0) is 39.0 Å². The molecule has 0 radical (unpaired) electrons. The Morgan fingerprint density at radius 1 is 1.16 bits per heavy atom. The topological polar surface area (TPSA) is 99.3 Å². The molecule has 1 N–H and O–H groups in total. The molecule has 0 spiro atoms. The van der Waals surface area contributed by atoms with Crippen molar-refractivity contribution < 1.29 is 22.7 Å². The predicted molar refractivity (Wildman–Crippen MR) is 119 cm³/mol. The quantitative estimate of drug-likeness (QED) is 0.675. The van der Waals surface area contributed by atoms with Gasteiger partial charge in [0, 0.05) is 53.4 Å². The van der Waals surface area contributed by atoms with E-state index in [9.17, 15) is 18.0 Å². The van der Waals surface area contributed by atoms with E-state index < -0.39 is 21.5 Å². The van der Waals surface area contributed by atoms with Crippen molar-refractivity contribution >= 4 is 33.6 Å². The maximum atomic E-state index is 12.5. The summed E-state index contributed by atoms with van der Waals surface area (Å²) in [4.78, 5) is 28.5. The van der Waals surface area contributed by atoms with Gasteiger partial charge in [-0.15, -0.1) is 0 Å². The average molecular weight is 475 g/mol. The fourth-order valence-corrected chi connectivity index (χ4v) is 4.08. The van der Waals surface area contributed by atoms with E-state index in [0.29, 0.717) is 39.3 Å². The van der Waals surface area contributed by atoms with Gasteiger partial charge in [0.15, 0.2) is 0 Å². The molecule has 0 saturated carbocycles. The van der Waals surface area contributed by atoms with Crippen molar-refractivity contribution in [3.63, 3.8) is 0 Å². The summed E-state index contributed by atoms with van der Waals surface area (Å²) in [7, 11) is -0.821. The van der Waals surface area contributed by atoms with Crippen LogP contribution in [0.4, 0.5) is 4.79 Å². The van der Waals surface area contributed by atoms with Crippen LogP contribution in [0, 0.1) is 0 Å². The van der Waals surface area contributed by atoms with Gasteiger partial charge in [0.25, 0.3) is 5.91 Å². The highest BCUT2D eigenvalue weighted by molar-refractivity contribution is 7.89. The molecule has 1 aromatic carbocycles. The maximum Gasteiger partial charge on any atom is 0.410 e. The molecular weight excluding hydrogens is 444 g/mol. The fourth-order valence-electron chi connectivity index (χ4n) is 2.95. The highest BCUT2D eigenvalue weighted by Crippen LogP contribution is 2.22. The van der Waals surface area contributed by atoms with Gasteiger partial charge in [0.05, 0.1) is 15.5 Å². The molecule has 11 heteroatoms. The van der Waals surface area contributed by atoms with Crippen LogP contribution in [-0.4, -0.2) is 93.5 Å². The summed E-state index contributed by atoms with van der Waals surface area (Å²) in [5.41, 5.74) is -0.414. The van der Waals surface area contributed by atoms with Crippen LogP contribution in [0.25, 0.3) is 0 Å². The lowest BCUT2D eigenvalue weighted by molar-refractivity contribution is 0.0147. The first-order valence-corrected chi connectivity index (χ1v) is 11.8. The first-order valence-electron chi connectivity index (χ1n) is 10.0. The van der Waals surface area contributed by atoms with Gasteiger partial charge in [-0.25, -0.2) is 17.5 Å². The van der Waals surface area contributed by atoms with Crippen molar-refractivity contribution in [3.05, 3.63) is 28.8 Å². The number of nitrogens with one attached hydrogen (secondary N) is 1. The van der Waals surface area contributed by atoms with Crippen LogP contribution in [0.1, 0.15) is 31.1 Å². The minimum absolute atomic E-state index is 0.00492. The van der Waals surface area contributed by atoms with E-state index >= 15 is 0 Å². The zero-order chi connectivity index (χ0) is 23.4. The van der Waals surface area contributed by atoms with Gasteiger partial charge < -0.3 is 15.0 Å². The number of benzene rings is 1. The Labute approximate surface area is 189 Å². The number of nitrogens with zero attached hydrogens (tertiary/aromatic N) is 3. The molecule has 1 fully saturated rings. The monoisotopic (exact) mass is 474 g/mol. The summed E-state index contributed by atoms with van der Waals surface area (Å²) in [6.07, 6.45) is -0.317. The molecular formula is C20H31ClN4O5S. The molecule has 0 unspecified atom stereocenters. The molecule has 2 amide bonds. The summed E-state index contributed by atoms with van der Waals surface area (Å²) in [6.45, 7) is 8.93. The van der Waals surface area contributed by atoms with E-state index in [2.05, 4.69) is 10.2 Å². The summed E-state index contributed by atoms with van der Waals surface area (Å²) in [5, 5.41) is 2.96. The number of hydrogen-bond donors (Lipinski definition) is 1. The second-order valence-corrected chi connectivity index (χ2v) is 11.1. The largest absolute Gasteiger partial charge is 0.444 e. The number of carbonyl (C=O) groups excluding carboxylic acids is 2. The molecule has 1 aliphatic heterocycles. The SMILES string of the molecule is CN(C)S(=O)(=O)c1ccc(Cl)c(C(=O)NCCN2CCN(C(=O)OC(C)(C)C)CC2)c1. The summed E-state index contributed by atoms with van der Waals surface area (Å²) >= 11 is 6.11. The van der Waals surface area contributed by atoms with Gasteiger partial charge in [0.1, 0.15) is 5.60 Å². The highest BCUT2D eigenvalue weighted by Gasteiger charge is 2.26. The zero-order valence-corrected chi connectivity index (χ0v) is 20.2. The molecule has 174 valence electrons. The lowest BCUT2D eigenvalue weighted by Gasteiger charge is -2.35. The molecule has 0 atom stereocenters. The third-order valence-corrected chi connectivity index (χ3v) is 6.84. The van der Waals surface area contributed by atoms with Crippen LogP contribution in [0.5, 0.6) is 0 Å². The minimum atomic E-state index is -3.67. The van der Waals surface area contributed by atoms with Gasteiger partial charge in [-0.2, -0.15) is 0 Å². The van der Waals surface area contributed by atoms with E-state index in [1.54, 1.807) is 4.90 Å². The third kappa shape index (κ3) is 7.06. The Morgan fingerprint density at radius 3 is 2.32 bits per heavy atom. The van der Waals surface area contributed by atoms with Crippen LogP contribution >= 0.6 is 11.6 Å². The summed E-state index contributed by atoms with van der Waals surface area (Å²) < 4.78 is 31.1. The number of amides is 2. The Bertz CT molecular complexity index is 907. The molecule has 9 nitrogen and oxygen atoms in total. The van der Waals surface area contributed by atoms with Crippen LogP contribution in [0.3, 0.4) is 0 Å². The average Bonchev–Trinajstić information content (AvgIpc) is 2.67. The number of piperazine rings is 1.